The van der Waals surface area contributed by atoms with Crippen LogP contribution >= 0.6 is 15.9 Å². The van der Waals surface area contributed by atoms with Crippen LogP contribution in [0.1, 0.15) is 16.8 Å². The van der Waals surface area contributed by atoms with E-state index in [1.165, 1.54) is 6.20 Å². The number of rotatable bonds is 7. The van der Waals surface area contributed by atoms with Crippen molar-refractivity contribution >= 4 is 33.4 Å². The summed E-state index contributed by atoms with van der Waals surface area (Å²) in [4.78, 5) is 30.0. The maximum Gasteiger partial charge on any atom is 0.259 e. The number of nitrogens with zero attached hydrogens (tertiary/aromatic N) is 2. The number of benzene rings is 1. The molecule has 0 saturated heterocycles. The number of nitrogens with one attached hydrogen (secondary N) is 1. The molecule has 1 aromatic heterocycles. The smallest absolute Gasteiger partial charge is 0.259 e. The molecule has 0 aliphatic rings. The van der Waals surface area contributed by atoms with Gasteiger partial charge in [0, 0.05) is 48.6 Å². The van der Waals surface area contributed by atoms with Gasteiger partial charge in [-0.1, -0.05) is 18.2 Å². The van der Waals surface area contributed by atoms with Crippen LogP contribution in [0.5, 0.6) is 0 Å². The summed E-state index contributed by atoms with van der Waals surface area (Å²) in [7, 11) is 0. The Morgan fingerprint density at radius 1 is 1.21 bits per heavy atom. The molecule has 0 atom stereocenters. The summed E-state index contributed by atoms with van der Waals surface area (Å²) < 4.78 is 0.734. The fourth-order valence-corrected chi connectivity index (χ4v) is 2.53. The lowest BCUT2D eigenvalue weighted by Crippen LogP contribution is -2.39. The lowest BCUT2D eigenvalue weighted by atomic mass is 10.2. The predicted octanol–water partition coefficient (Wildman–Crippen LogP) is 1.96. The summed E-state index contributed by atoms with van der Waals surface area (Å²) in [5.41, 5.74) is 6.59. The molecule has 0 bridgehead atoms. The number of hydrogen-bond donors (Lipinski definition) is 2. The van der Waals surface area contributed by atoms with Crippen LogP contribution in [0.2, 0.25) is 0 Å². The number of para-hydroxylation sites is 1. The van der Waals surface area contributed by atoms with Gasteiger partial charge < -0.3 is 16.0 Å². The molecule has 0 spiro atoms. The van der Waals surface area contributed by atoms with Gasteiger partial charge in [0.1, 0.15) is 0 Å². The van der Waals surface area contributed by atoms with Gasteiger partial charge in [0.25, 0.3) is 5.91 Å². The number of pyridine rings is 1. The molecule has 6 nitrogen and oxygen atoms in total. The van der Waals surface area contributed by atoms with Crippen LogP contribution in [-0.2, 0) is 4.79 Å². The molecule has 0 aliphatic heterocycles. The molecule has 7 heteroatoms. The van der Waals surface area contributed by atoms with E-state index in [1.807, 2.05) is 30.3 Å². The van der Waals surface area contributed by atoms with E-state index in [-0.39, 0.29) is 18.2 Å². The molecule has 3 N–H and O–H groups in total. The second kappa shape index (κ2) is 9.14. The zero-order chi connectivity index (χ0) is 17.4. The highest BCUT2D eigenvalue weighted by Crippen LogP contribution is 2.18. The summed E-state index contributed by atoms with van der Waals surface area (Å²) in [6.07, 6.45) is 3.42. The van der Waals surface area contributed by atoms with Crippen molar-refractivity contribution in [3.8, 4) is 0 Å². The Morgan fingerprint density at radius 2 is 1.96 bits per heavy atom. The summed E-state index contributed by atoms with van der Waals surface area (Å²) in [5, 5.41) is 2.76. The van der Waals surface area contributed by atoms with E-state index in [0.717, 1.165) is 10.2 Å². The van der Waals surface area contributed by atoms with E-state index in [0.29, 0.717) is 25.2 Å². The molecule has 0 radical (unpaired) electrons. The summed E-state index contributed by atoms with van der Waals surface area (Å²) in [5.74, 6) is -0.301. The number of aromatic nitrogens is 1. The number of amides is 2. The minimum absolute atomic E-state index is 0.123. The molecule has 1 aromatic carbocycles. The van der Waals surface area contributed by atoms with Crippen molar-refractivity contribution < 1.29 is 9.59 Å². The Bertz CT molecular complexity index is 694. The normalized spacial score (nSPS) is 10.2. The van der Waals surface area contributed by atoms with Gasteiger partial charge in [-0.15, -0.1) is 0 Å². The minimum atomic E-state index is -0.178. The van der Waals surface area contributed by atoms with Gasteiger partial charge in [-0.2, -0.15) is 0 Å². The van der Waals surface area contributed by atoms with Crippen molar-refractivity contribution in [3.63, 3.8) is 0 Å². The molecule has 1 heterocycles. The lowest BCUT2D eigenvalue weighted by molar-refractivity contribution is -0.120. The largest absolute Gasteiger partial charge is 0.354 e. The van der Waals surface area contributed by atoms with Gasteiger partial charge in [0.2, 0.25) is 5.91 Å². The Balaban J connectivity index is 2.14. The van der Waals surface area contributed by atoms with Crippen molar-refractivity contribution in [1.82, 2.24) is 10.3 Å². The molecule has 2 rings (SSSR count). The van der Waals surface area contributed by atoms with Crippen molar-refractivity contribution in [3.05, 3.63) is 58.8 Å². The Kier molecular flexibility index (Phi) is 6.89. The van der Waals surface area contributed by atoms with Crippen LogP contribution in [0.15, 0.2) is 53.3 Å². The first-order chi connectivity index (χ1) is 11.6. The molecule has 126 valence electrons. The van der Waals surface area contributed by atoms with Crippen molar-refractivity contribution in [2.45, 2.75) is 6.42 Å². The van der Waals surface area contributed by atoms with Gasteiger partial charge in [0.15, 0.2) is 0 Å². The second-order valence-electron chi connectivity index (χ2n) is 5.07. The Labute approximate surface area is 149 Å². The topological polar surface area (TPSA) is 88.3 Å². The Morgan fingerprint density at radius 3 is 2.62 bits per heavy atom. The summed E-state index contributed by atoms with van der Waals surface area (Å²) in [6.45, 7) is 1.00. The lowest BCUT2D eigenvalue weighted by Gasteiger charge is -2.23. The number of halogens is 1. The fraction of sp³-hybridized carbons (Fsp3) is 0.235. The third-order valence-corrected chi connectivity index (χ3v) is 3.73. The maximum absolute atomic E-state index is 12.8. The van der Waals surface area contributed by atoms with Crippen molar-refractivity contribution in [2.75, 3.05) is 24.5 Å². The third kappa shape index (κ3) is 5.14. The van der Waals surface area contributed by atoms with E-state index >= 15 is 0 Å². The standard InChI is InChI=1S/C17H19BrN4O2/c18-14-10-13(11-20-12-14)17(24)22(15-4-2-1-3-5-15)9-8-21-16(23)6-7-19/h1-5,10-12H,6-9,19H2,(H,21,23). The van der Waals surface area contributed by atoms with Crippen molar-refractivity contribution in [1.29, 1.82) is 0 Å². The number of nitrogens with two attached hydrogens (primary N) is 1. The SMILES string of the molecule is NCCC(=O)NCCN(C(=O)c1cncc(Br)c1)c1ccccc1. The van der Waals surface area contributed by atoms with E-state index in [1.54, 1.807) is 17.2 Å². The number of hydrogen-bond acceptors (Lipinski definition) is 4. The van der Waals surface area contributed by atoms with Crippen LogP contribution in [0.25, 0.3) is 0 Å². The number of carbonyl (C=O) groups is 2. The van der Waals surface area contributed by atoms with Gasteiger partial charge in [-0.3, -0.25) is 14.6 Å². The molecular formula is C17H19BrN4O2. The molecule has 0 saturated carbocycles. The monoisotopic (exact) mass is 390 g/mol. The first-order valence-electron chi connectivity index (χ1n) is 7.56. The molecule has 24 heavy (non-hydrogen) atoms. The summed E-state index contributed by atoms with van der Waals surface area (Å²) in [6, 6.07) is 11.0. The van der Waals surface area contributed by atoms with Crippen molar-refractivity contribution in [2.24, 2.45) is 5.73 Å². The first-order valence-corrected chi connectivity index (χ1v) is 8.35. The number of anilines is 1. The van der Waals surface area contributed by atoms with Gasteiger partial charge in [0.05, 0.1) is 5.56 Å². The molecule has 2 aromatic rings. The van der Waals surface area contributed by atoms with E-state index in [9.17, 15) is 9.59 Å². The van der Waals surface area contributed by atoms with E-state index in [4.69, 9.17) is 5.73 Å². The quantitative estimate of drug-likeness (QED) is 0.755. The van der Waals surface area contributed by atoms with Crippen LogP contribution < -0.4 is 16.0 Å². The molecule has 0 unspecified atom stereocenters. The second-order valence-corrected chi connectivity index (χ2v) is 5.99. The van der Waals surface area contributed by atoms with Crippen LogP contribution in [0.3, 0.4) is 0 Å². The van der Waals surface area contributed by atoms with Crippen LogP contribution in [0, 0.1) is 0 Å². The number of carbonyl (C=O) groups excluding carboxylic acids is 2. The van der Waals surface area contributed by atoms with E-state index < -0.39 is 0 Å². The average molecular weight is 391 g/mol. The first kappa shape index (κ1) is 18.1. The van der Waals surface area contributed by atoms with Gasteiger partial charge in [-0.25, -0.2) is 0 Å². The third-order valence-electron chi connectivity index (χ3n) is 3.29. The molecule has 0 aliphatic carbocycles. The maximum atomic E-state index is 12.8. The zero-order valence-corrected chi connectivity index (χ0v) is 14.7. The highest BCUT2D eigenvalue weighted by Gasteiger charge is 2.18. The van der Waals surface area contributed by atoms with Gasteiger partial charge >= 0.3 is 0 Å². The fourth-order valence-electron chi connectivity index (χ4n) is 2.17. The molecular weight excluding hydrogens is 372 g/mol. The van der Waals surface area contributed by atoms with Crippen LogP contribution in [-0.4, -0.2) is 36.4 Å². The molecule has 2 amide bonds. The Hall–Kier alpha value is -2.25. The predicted molar refractivity (Wildman–Crippen MR) is 96.7 cm³/mol. The zero-order valence-electron chi connectivity index (χ0n) is 13.1. The highest BCUT2D eigenvalue weighted by molar-refractivity contribution is 9.10. The average Bonchev–Trinajstić information content (AvgIpc) is 2.59. The van der Waals surface area contributed by atoms with Crippen LogP contribution in [0.4, 0.5) is 5.69 Å². The minimum Gasteiger partial charge on any atom is -0.354 e. The summed E-state index contributed by atoms with van der Waals surface area (Å²) >= 11 is 3.32. The molecule has 0 fully saturated rings. The van der Waals surface area contributed by atoms with E-state index in [2.05, 4.69) is 26.2 Å². The van der Waals surface area contributed by atoms with Gasteiger partial charge in [-0.05, 0) is 34.1 Å². The highest BCUT2D eigenvalue weighted by atomic mass is 79.9.